The van der Waals surface area contributed by atoms with Crippen LogP contribution >= 0.6 is 0 Å². The van der Waals surface area contributed by atoms with Gasteiger partial charge in [-0.3, -0.25) is 9.59 Å². The molecule has 4 aliphatic rings. The number of hydrogen-bond donors (Lipinski definition) is 3. The van der Waals surface area contributed by atoms with Gasteiger partial charge >= 0.3 is 0 Å². The van der Waals surface area contributed by atoms with E-state index in [1.165, 1.54) is 7.11 Å². The number of carbonyl (C=O) groups is 2. The zero-order valence-electron chi connectivity index (χ0n) is 14.8. The average Bonchev–Trinajstić information content (AvgIpc) is 2.82. The topological polar surface area (TPSA) is 115 Å². The SMILES string of the molecule is C=C1CCO[C@]2([C@@H](O)[C@]3(C)COC(C)(C)O3)NC(=O)[C@@]1(OC)NC2=O. The molecule has 4 heterocycles. The fourth-order valence-electron chi connectivity index (χ4n) is 3.55. The van der Waals surface area contributed by atoms with Crippen molar-refractivity contribution in [3.05, 3.63) is 12.2 Å². The Kier molecular flexibility index (Phi) is 4.01. The van der Waals surface area contributed by atoms with Gasteiger partial charge in [-0.1, -0.05) is 6.58 Å². The van der Waals surface area contributed by atoms with Crippen molar-refractivity contribution < 1.29 is 33.6 Å². The van der Waals surface area contributed by atoms with E-state index in [4.69, 9.17) is 18.9 Å². The van der Waals surface area contributed by atoms with Crippen molar-refractivity contribution in [2.75, 3.05) is 20.3 Å². The Bertz CT molecular complexity index is 636. The Morgan fingerprint density at radius 1 is 1.20 bits per heavy atom. The van der Waals surface area contributed by atoms with Gasteiger partial charge in [0.1, 0.15) is 11.7 Å². The third-order valence-corrected chi connectivity index (χ3v) is 4.93. The maximum absolute atomic E-state index is 12.9. The van der Waals surface area contributed by atoms with Crippen molar-refractivity contribution in [1.82, 2.24) is 10.6 Å². The summed E-state index contributed by atoms with van der Waals surface area (Å²) in [7, 11) is 1.30. The molecule has 0 aromatic carbocycles. The number of piperazine rings is 1. The molecule has 9 nitrogen and oxygen atoms in total. The zero-order valence-corrected chi connectivity index (χ0v) is 14.8. The van der Waals surface area contributed by atoms with Crippen LogP contribution in [0.25, 0.3) is 0 Å². The van der Waals surface area contributed by atoms with Gasteiger partial charge in [0, 0.05) is 7.11 Å². The molecule has 0 aliphatic carbocycles. The van der Waals surface area contributed by atoms with Crippen molar-refractivity contribution in [2.24, 2.45) is 0 Å². The van der Waals surface area contributed by atoms with Crippen LogP contribution in [0, 0.1) is 0 Å². The molecule has 0 unspecified atom stereocenters. The molecule has 0 spiro atoms. The third kappa shape index (κ3) is 2.49. The van der Waals surface area contributed by atoms with E-state index < -0.39 is 40.8 Å². The number of carbonyl (C=O) groups excluding carboxylic acids is 2. The molecule has 4 saturated heterocycles. The Labute approximate surface area is 145 Å². The van der Waals surface area contributed by atoms with E-state index in [1.807, 2.05) is 0 Å². The maximum Gasteiger partial charge on any atom is 0.280 e. The minimum atomic E-state index is -2.02. The molecule has 0 saturated carbocycles. The van der Waals surface area contributed by atoms with Crippen LogP contribution in [0.4, 0.5) is 0 Å². The fraction of sp³-hybridized carbons (Fsp3) is 0.750. The van der Waals surface area contributed by atoms with Crippen LogP contribution < -0.4 is 10.6 Å². The van der Waals surface area contributed by atoms with Crippen molar-refractivity contribution in [3.8, 4) is 0 Å². The van der Waals surface area contributed by atoms with E-state index in [0.29, 0.717) is 5.57 Å². The Morgan fingerprint density at radius 3 is 2.44 bits per heavy atom. The van der Waals surface area contributed by atoms with Crippen molar-refractivity contribution in [2.45, 2.75) is 56.1 Å². The first kappa shape index (κ1) is 18.3. The van der Waals surface area contributed by atoms with Gasteiger partial charge in [0.2, 0.25) is 5.72 Å². The van der Waals surface area contributed by atoms with Gasteiger partial charge in [-0.05, 0) is 32.8 Å². The second-order valence-corrected chi connectivity index (χ2v) is 7.24. The number of nitrogens with one attached hydrogen (secondary N) is 2. The van der Waals surface area contributed by atoms with Crippen molar-refractivity contribution in [3.63, 3.8) is 0 Å². The fourth-order valence-corrected chi connectivity index (χ4v) is 3.55. The molecular formula is C16H24N2O7. The molecule has 0 aromatic rings. The highest BCUT2D eigenvalue weighted by molar-refractivity contribution is 6.03. The lowest BCUT2D eigenvalue weighted by atomic mass is 9.85. The van der Waals surface area contributed by atoms with Crippen LogP contribution in [0.5, 0.6) is 0 Å². The molecule has 2 bridgehead atoms. The van der Waals surface area contributed by atoms with Gasteiger partial charge in [-0.25, -0.2) is 0 Å². The predicted molar refractivity (Wildman–Crippen MR) is 84.0 cm³/mol. The molecule has 0 radical (unpaired) electrons. The number of aliphatic hydroxyl groups excluding tert-OH is 1. The summed E-state index contributed by atoms with van der Waals surface area (Å²) in [6.07, 6.45) is -1.25. The zero-order chi connectivity index (χ0) is 18.7. The smallest absolute Gasteiger partial charge is 0.280 e. The molecule has 0 aromatic heterocycles. The first-order valence-electron chi connectivity index (χ1n) is 8.06. The lowest BCUT2D eigenvalue weighted by Crippen LogP contribution is -2.82. The first-order valence-corrected chi connectivity index (χ1v) is 8.06. The first-order chi connectivity index (χ1) is 11.5. The van der Waals surface area contributed by atoms with Crippen LogP contribution in [-0.4, -0.2) is 66.2 Å². The molecule has 4 rings (SSSR count). The molecule has 4 atom stereocenters. The molecule has 4 fully saturated rings. The number of hydrogen-bond acceptors (Lipinski definition) is 7. The lowest BCUT2D eigenvalue weighted by Gasteiger charge is -2.51. The summed E-state index contributed by atoms with van der Waals surface area (Å²) in [5.74, 6) is -2.34. The van der Waals surface area contributed by atoms with Crippen LogP contribution in [0.15, 0.2) is 12.2 Å². The molecule has 3 N–H and O–H groups in total. The average molecular weight is 356 g/mol. The van der Waals surface area contributed by atoms with Crippen LogP contribution in [0.1, 0.15) is 27.2 Å². The van der Waals surface area contributed by atoms with E-state index >= 15 is 0 Å². The number of rotatable bonds is 3. The minimum absolute atomic E-state index is 0.0254. The molecular weight excluding hydrogens is 332 g/mol. The summed E-state index contributed by atoms with van der Waals surface area (Å²) in [5.41, 5.74) is -4.61. The van der Waals surface area contributed by atoms with Crippen LogP contribution in [-0.2, 0) is 28.5 Å². The highest BCUT2D eigenvalue weighted by Crippen LogP contribution is 2.40. The second kappa shape index (κ2) is 5.49. The molecule has 2 amide bonds. The van der Waals surface area contributed by atoms with Crippen molar-refractivity contribution >= 4 is 11.8 Å². The Hall–Kier alpha value is -1.52. The summed E-state index contributed by atoms with van der Waals surface area (Å²) < 4.78 is 22.2. The van der Waals surface area contributed by atoms with E-state index in [9.17, 15) is 14.7 Å². The number of fused-ring (bicyclic) bond motifs is 5. The van der Waals surface area contributed by atoms with E-state index in [-0.39, 0.29) is 19.6 Å². The molecule has 140 valence electrons. The van der Waals surface area contributed by atoms with E-state index in [1.54, 1.807) is 20.8 Å². The molecule has 25 heavy (non-hydrogen) atoms. The normalized spacial score (nSPS) is 41.7. The monoisotopic (exact) mass is 356 g/mol. The molecule has 4 aliphatic heterocycles. The highest BCUT2D eigenvalue weighted by atomic mass is 16.8. The quantitative estimate of drug-likeness (QED) is 0.564. The number of methoxy groups -OCH3 is 1. The third-order valence-electron chi connectivity index (χ3n) is 4.93. The predicted octanol–water partition coefficient (Wildman–Crippen LogP) is -0.850. The maximum atomic E-state index is 12.9. The molecule has 9 heteroatoms. The summed E-state index contributed by atoms with van der Waals surface area (Å²) in [6, 6.07) is 0. The van der Waals surface area contributed by atoms with Gasteiger partial charge in [-0.2, -0.15) is 0 Å². The number of amides is 2. The standard InChI is InChI=1S/C16H24N2O7/c1-9-6-7-23-16(10(19)14(4)8-24-13(2,3)25-14)12(21)17-15(9,22-5)11(20)18-16/h10,19H,1,6-8H2,2-5H3,(H,17,21)(H,18,20)/t10-,14-,15+,16-/m0/s1. The van der Waals surface area contributed by atoms with Gasteiger partial charge in [-0.15, -0.1) is 0 Å². The lowest BCUT2D eigenvalue weighted by molar-refractivity contribution is -0.241. The van der Waals surface area contributed by atoms with Gasteiger partial charge in [0.15, 0.2) is 5.79 Å². The summed E-state index contributed by atoms with van der Waals surface area (Å²) in [6.45, 7) is 8.89. The van der Waals surface area contributed by atoms with Gasteiger partial charge in [0.05, 0.1) is 13.2 Å². The largest absolute Gasteiger partial charge is 0.384 e. The van der Waals surface area contributed by atoms with Gasteiger partial charge < -0.3 is 34.7 Å². The summed E-state index contributed by atoms with van der Waals surface area (Å²) in [4.78, 5) is 25.6. The van der Waals surface area contributed by atoms with Crippen molar-refractivity contribution in [1.29, 1.82) is 0 Å². The van der Waals surface area contributed by atoms with E-state index in [2.05, 4.69) is 17.2 Å². The number of aliphatic hydroxyl groups is 1. The number of ether oxygens (including phenoxy) is 4. The van der Waals surface area contributed by atoms with E-state index in [0.717, 1.165) is 0 Å². The minimum Gasteiger partial charge on any atom is -0.384 e. The highest BCUT2D eigenvalue weighted by Gasteiger charge is 2.66. The van der Waals surface area contributed by atoms with Gasteiger partial charge in [0.25, 0.3) is 17.5 Å². The summed E-state index contributed by atoms with van der Waals surface area (Å²) >= 11 is 0. The Morgan fingerprint density at radius 2 is 1.88 bits per heavy atom. The summed E-state index contributed by atoms with van der Waals surface area (Å²) in [5, 5.41) is 16.0. The van der Waals surface area contributed by atoms with Crippen LogP contribution in [0.2, 0.25) is 0 Å². The Balaban J connectivity index is 1.99. The second-order valence-electron chi connectivity index (χ2n) is 7.24. The van der Waals surface area contributed by atoms with Crippen LogP contribution in [0.3, 0.4) is 0 Å².